The number of nitrogens with zero attached hydrogens (tertiary/aromatic N) is 4. The zero-order valence-corrected chi connectivity index (χ0v) is 14.4. The van der Waals surface area contributed by atoms with Gasteiger partial charge in [-0.15, -0.1) is 0 Å². The smallest absolute Gasteiger partial charge is 0.255 e. The Bertz CT molecular complexity index is 1150. The van der Waals surface area contributed by atoms with Crippen LogP contribution in [0.4, 0.5) is 5.95 Å². The fraction of sp³-hybridized carbons (Fsp3) is 0.105. The van der Waals surface area contributed by atoms with Crippen LogP contribution in [0.2, 0.25) is 0 Å². The normalized spacial score (nSPS) is 10.9. The van der Waals surface area contributed by atoms with Gasteiger partial charge in [-0.05, 0) is 18.2 Å². The molecule has 0 amide bonds. The highest BCUT2D eigenvalue weighted by atomic mass is 16.3. The number of para-hydroxylation sites is 1. The minimum atomic E-state index is -0.266. The molecule has 0 atom stereocenters. The molecule has 0 unspecified atom stereocenters. The van der Waals surface area contributed by atoms with Crippen molar-refractivity contribution in [2.24, 2.45) is 7.05 Å². The Morgan fingerprint density at radius 3 is 2.81 bits per heavy atom. The van der Waals surface area contributed by atoms with Crippen molar-refractivity contribution < 1.29 is 9.21 Å². The molecule has 1 N–H and O–H groups in total. The highest BCUT2D eigenvalue weighted by Gasteiger charge is 2.14. The average molecular weight is 361 g/mol. The van der Waals surface area contributed by atoms with Gasteiger partial charge in [0.1, 0.15) is 11.9 Å². The number of hydrogen-bond acceptors (Lipinski definition) is 7. The lowest BCUT2D eigenvalue weighted by atomic mass is 10.2. The number of Topliss-reactive ketones (excluding diaryl/α,β-unsaturated/α-hetero) is 1. The summed E-state index contributed by atoms with van der Waals surface area (Å²) < 4.78 is 6.90. The summed E-state index contributed by atoms with van der Waals surface area (Å²) in [7, 11) is 1.58. The van der Waals surface area contributed by atoms with Gasteiger partial charge in [0.05, 0.1) is 17.9 Å². The van der Waals surface area contributed by atoms with Gasteiger partial charge in [-0.1, -0.05) is 18.2 Å². The summed E-state index contributed by atoms with van der Waals surface area (Å²) in [4.78, 5) is 37.0. The Labute approximate surface area is 153 Å². The maximum absolute atomic E-state index is 12.4. The van der Waals surface area contributed by atoms with Gasteiger partial charge < -0.3 is 9.73 Å². The maximum atomic E-state index is 12.4. The molecule has 0 fully saturated rings. The molecule has 0 aliphatic carbocycles. The number of anilines is 1. The molecule has 27 heavy (non-hydrogen) atoms. The number of fused-ring (bicyclic) bond motifs is 1. The number of hydrogen-bond donors (Lipinski definition) is 1. The highest BCUT2D eigenvalue weighted by Crippen LogP contribution is 2.19. The van der Waals surface area contributed by atoms with Gasteiger partial charge in [-0.25, -0.2) is 15.0 Å². The summed E-state index contributed by atoms with van der Waals surface area (Å²) in [5, 5.41) is 3.76. The van der Waals surface area contributed by atoms with Gasteiger partial charge >= 0.3 is 0 Å². The Hall–Kier alpha value is -3.81. The molecule has 0 saturated carbocycles. The van der Waals surface area contributed by atoms with Crippen molar-refractivity contribution in [2.75, 3.05) is 11.9 Å². The summed E-state index contributed by atoms with van der Waals surface area (Å²) in [5.41, 5.74) is 1.31. The van der Waals surface area contributed by atoms with Gasteiger partial charge in [0.2, 0.25) is 11.7 Å². The molecular weight excluding hydrogens is 346 g/mol. The lowest BCUT2D eigenvalue weighted by Crippen LogP contribution is -2.24. The van der Waals surface area contributed by atoms with E-state index >= 15 is 0 Å². The van der Waals surface area contributed by atoms with Crippen molar-refractivity contribution in [3.63, 3.8) is 0 Å². The molecule has 0 aliphatic rings. The van der Waals surface area contributed by atoms with E-state index in [1.165, 1.54) is 17.0 Å². The standard InChI is InChI=1S/C19H15N5O3/c1-24-18(26)9-14(13-6-7-20-11-22-13)23-19(24)21-10-15(25)17-8-12-4-2-3-5-16(12)27-17/h2-9,11H,10H2,1H3,(H,21,23). The molecule has 0 bridgehead atoms. The van der Waals surface area contributed by atoms with Gasteiger partial charge in [0, 0.05) is 24.7 Å². The van der Waals surface area contributed by atoms with Gasteiger partial charge in [-0.3, -0.25) is 14.2 Å². The third-order valence-corrected chi connectivity index (χ3v) is 4.09. The molecule has 0 saturated heterocycles. The van der Waals surface area contributed by atoms with Crippen LogP contribution in [0.1, 0.15) is 10.6 Å². The van der Waals surface area contributed by atoms with Crippen LogP contribution in [0.25, 0.3) is 22.4 Å². The van der Waals surface area contributed by atoms with E-state index in [-0.39, 0.29) is 29.6 Å². The molecule has 134 valence electrons. The van der Waals surface area contributed by atoms with Crippen LogP contribution in [0.3, 0.4) is 0 Å². The van der Waals surface area contributed by atoms with E-state index in [4.69, 9.17) is 4.42 Å². The summed E-state index contributed by atoms with van der Waals surface area (Å²) in [6.45, 7) is -0.0622. The third-order valence-electron chi connectivity index (χ3n) is 4.09. The van der Waals surface area contributed by atoms with E-state index in [0.29, 0.717) is 17.0 Å². The molecule has 4 rings (SSSR count). The van der Waals surface area contributed by atoms with Crippen molar-refractivity contribution in [1.29, 1.82) is 0 Å². The summed E-state index contributed by atoms with van der Waals surface area (Å²) in [6, 6.07) is 12.1. The van der Waals surface area contributed by atoms with Crippen LogP contribution in [-0.4, -0.2) is 31.8 Å². The van der Waals surface area contributed by atoms with E-state index in [1.807, 2.05) is 18.2 Å². The summed E-state index contributed by atoms with van der Waals surface area (Å²) in [5.74, 6) is 0.272. The van der Waals surface area contributed by atoms with E-state index in [1.54, 1.807) is 31.4 Å². The maximum Gasteiger partial charge on any atom is 0.255 e. The van der Waals surface area contributed by atoms with E-state index in [0.717, 1.165) is 5.39 Å². The van der Waals surface area contributed by atoms with Gasteiger partial charge in [-0.2, -0.15) is 0 Å². The Morgan fingerprint density at radius 1 is 1.19 bits per heavy atom. The van der Waals surface area contributed by atoms with E-state index < -0.39 is 0 Å². The van der Waals surface area contributed by atoms with Crippen LogP contribution < -0.4 is 10.9 Å². The number of carbonyl (C=O) groups is 1. The van der Waals surface area contributed by atoms with Gasteiger partial charge in [0.15, 0.2) is 5.76 Å². The molecule has 0 spiro atoms. The Morgan fingerprint density at radius 2 is 2.04 bits per heavy atom. The number of ketones is 1. The molecule has 8 heteroatoms. The second-order valence-electron chi connectivity index (χ2n) is 5.88. The predicted octanol–water partition coefficient (Wildman–Crippen LogP) is 2.28. The van der Waals surface area contributed by atoms with Crippen LogP contribution in [0, 0.1) is 0 Å². The van der Waals surface area contributed by atoms with Crippen LogP contribution in [0.5, 0.6) is 0 Å². The molecular formula is C19H15N5O3. The second-order valence-corrected chi connectivity index (χ2v) is 5.88. The summed E-state index contributed by atoms with van der Waals surface area (Å²) in [6.07, 6.45) is 2.95. The summed E-state index contributed by atoms with van der Waals surface area (Å²) >= 11 is 0. The molecule has 3 aromatic heterocycles. The molecule has 4 aromatic rings. The third kappa shape index (κ3) is 3.32. The topological polar surface area (TPSA) is 103 Å². The number of carbonyl (C=O) groups excluding carboxylic acids is 1. The SMILES string of the molecule is Cn1c(NCC(=O)c2cc3ccccc3o2)nc(-c2ccncn2)cc1=O. The molecule has 8 nitrogen and oxygen atoms in total. The fourth-order valence-corrected chi connectivity index (χ4v) is 2.64. The quantitative estimate of drug-likeness (QED) is 0.544. The van der Waals surface area contributed by atoms with E-state index in [9.17, 15) is 9.59 Å². The fourth-order valence-electron chi connectivity index (χ4n) is 2.64. The van der Waals surface area contributed by atoms with Crippen molar-refractivity contribution in [3.8, 4) is 11.4 Å². The molecule has 0 aliphatic heterocycles. The average Bonchev–Trinajstić information content (AvgIpc) is 3.14. The van der Waals surface area contributed by atoms with Gasteiger partial charge in [0.25, 0.3) is 5.56 Å². The number of furan rings is 1. The van der Waals surface area contributed by atoms with Crippen molar-refractivity contribution in [1.82, 2.24) is 19.5 Å². The Balaban J connectivity index is 1.58. The highest BCUT2D eigenvalue weighted by molar-refractivity contribution is 5.99. The molecule has 0 radical (unpaired) electrons. The van der Waals surface area contributed by atoms with Crippen LogP contribution in [0.15, 0.2) is 64.2 Å². The zero-order chi connectivity index (χ0) is 18.8. The van der Waals surface area contributed by atoms with Crippen LogP contribution in [-0.2, 0) is 7.05 Å². The van der Waals surface area contributed by atoms with Crippen molar-refractivity contribution in [3.05, 3.63) is 71.1 Å². The van der Waals surface area contributed by atoms with Crippen molar-refractivity contribution in [2.45, 2.75) is 0 Å². The second kappa shape index (κ2) is 6.83. The number of rotatable bonds is 5. The predicted molar refractivity (Wildman–Crippen MR) is 99.5 cm³/mol. The molecule has 1 aromatic carbocycles. The molecule has 3 heterocycles. The van der Waals surface area contributed by atoms with Crippen LogP contribution >= 0.6 is 0 Å². The monoisotopic (exact) mass is 361 g/mol. The largest absolute Gasteiger partial charge is 0.453 e. The minimum Gasteiger partial charge on any atom is -0.453 e. The van der Waals surface area contributed by atoms with E-state index in [2.05, 4.69) is 20.3 Å². The first-order valence-electron chi connectivity index (χ1n) is 8.22. The minimum absolute atomic E-state index is 0.0622. The first kappa shape index (κ1) is 16.6. The lowest BCUT2D eigenvalue weighted by Gasteiger charge is -2.10. The lowest BCUT2D eigenvalue weighted by molar-refractivity contribution is 0.0981. The van der Waals surface area contributed by atoms with Crippen molar-refractivity contribution >= 4 is 22.7 Å². The number of benzene rings is 1. The number of aromatic nitrogens is 4. The Kier molecular flexibility index (Phi) is 4.21. The number of nitrogens with one attached hydrogen (secondary N) is 1. The first-order valence-corrected chi connectivity index (χ1v) is 8.22. The first-order chi connectivity index (χ1) is 13.1. The zero-order valence-electron chi connectivity index (χ0n) is 14.4.